The van der Waals surface area contributed by atoms with Crippen LogP contribution in [0.4, 0.5) is 11.5 Å². The molecule has 1 heterocycles. The van der Waals surface area contributed by atoms with Crippen molar-refractivity contribution < 1.29 is 9.66 Å². The number of nitrogens with zero attached hydrogens (tertiary/aromatic N) is 3. The lowest BCUT2D eigenvalue weighted by atomic mass is 10.2. The number of aromatic nitrogens is 2. The molecule has 7 nitrogen and oxygen atoms in total. The van der Waals surface area contributed by atoms with Crippen molar-refractivity contribution >= 4 is 11.5 Å². The van der Waals surface area contributed by atoms with E-state index in [9.17, 15) is 10.1 Å². The Balaban J connectivity index is 2.09. The van der Waals surface area contributed by atoms with Crippen LogP contribution in [0.25, 0.3) is 0 Å². The standard InChI is InChI=1S/C13H14N4O3/c1-9-3-4-11(17(18)19)5-12(9)20-8-10-6-16-13(14-2)7-15-10/h3-7H,8H2,1-2H3,(H,14,16). The summed E-state index contributed by atoms with van der Waals surface area (Å²) in [6.45, 7) is 2.04. The van der Waals surface area contributed by atoms with Crippen molar-refractivity contribution in [2.45, 2.75) is 13.5 Å². The van der Waals surface area contributed by atoms with Crippen molar-refractivity contribution in [3.05, 3.63) is 52.0 Å². The van der Waals surface area contributed by atoms with Crippen molar-refractivity contribution in [1.82, 2.24) is 9.97 Å². The first-order valence-electron chi connectivity index (χ1n) is 5.96. The summed E-state index contributed by atoms with van der Waals surface area (Å²) in [5, 5.41) is 13.6. The number of anilines is 1. The topological polar surface area (TPSA) is 90.2 Å². The van der Waals surface area contributed by atoms with Gasteiger partial charge in [-0.1, -0.05) is 0 Å². The molecule has 0 amide bonds. The van der Waals surface area contributed by atoms with E-state index in [4.69, 9.17) is 4.74 Å². The molecule has 2 aromatic rings. The van der Waals surface area contributed by atoms with Gasteiger partial charge in [-0.05, 0) is 18.6 Å². The Morgan fingerprint density at radius 3 is 2.75 bits per heavy atom. The molecule has 0 unspecified atom stereocenters. The molecule has 0 aliphatic heterocycles. The highest BCUT2D eigenvalue weighted by Gasteiger charge is 2.10. The second kappa shape index (κ2) is 5.96. The van der Waals surface area contributed by atoms with Gasteiger partial charge in [0, 0.05) is 13.1 Å². The summed E-state index contributed by atoms with van der Waals surface area (Å²) in [6.07, 6.45) is 3.19. The third-order valence-corrected chi connectivity index (χ3v) is 2.72. The minimum atomic E-state index is -0.451. The van der Waals surface area contributed by atoms with E-state index in [1.54, 1.807) is 25.5 Å². The number of nitro groups is 1. The maximum absolute atomic E-state index is 10.7. The SMILES string of the molecule is CNc1cnc(COc2cc([N+](=O)[O-])ccc2C)cn1. The number of ether oxygens (including phenoxy) is 1. The van der Waals surface area contributed by atoms with E-state index >= 15 is 0 Å². The van der Waals surface area contributed by atoms with Gasteiger partial charge in [0.15, 0.2) is 0 Å². The van der Waals surface area contributed by atoms with Crippen LogP contribution in [0.2, 0.25) is 0 Å². The van der Waals surface area contributed by atoms with Crippen LogP contribution in [0.3, 0.4) is 0 Å². The Kier molecular flexibility index (Phi) is 4.09. The molecule has 20 heavy (non-hydrogen) atoms. The van der Waals surface area contributed by atoms with E-state index in [0.717, 1.165) is 5.56 Å². The van der Waals surface area contributed by atoms with Gasteiger partial charge < -0.3 is 10.1 Å². The molecule has 0 aliphatic carbocycles. The molecule has 0 bridgehead atoms. The summed E-state index contributed by atoms with van der Waals surface area (Å²) in [4.78, 5) is 18.6. The summed E-state index contributed by atoms with van der Waals surface area (Å²) in [6, 6.07) is 4.51. The molecule has 0 spiro atoms. The van der Waals surface area contributed by atoms with Gasteiger partial charge in [-0.15, -0.1) is 0 Å². The van der Waals surface area contributed by atoms with Crippen LogP contribution < -0.4 is 10.1 Å². The lowest BCUT2D eigenvalue weighted by Gasteiger charge is -2.08. The van der Waals surface area contributed by atoms with E-state index in [2.05, 4.69) is 15.3 Å². The zero-order valence-electron chi connectivity index (χ0n) is 11.2. The second-order valence-electron chi connectivity index (χ2n) is 4.14. The van der Waals surface area contributed by atoms with E-state index in [1.807, 2.05) is 6.92 Å². The van der Waals surface area contributed by atoms with E-state index in [-0.39, 0.29) is 12.3 Å². The molecular weight excluding hydrogens is 260 g/mol. The number of nitro benzene ring substituents is 1. The smallest absolute Gasteiger partial charge is 0.273 e. The summed E-state index contributed by atoms with van der Waals surface area (Å²) in [5.74, 6) is 1.14. The van der Waals surface area contributed by atoms with Crippen molar-refractivity contribution in [3.8, 4) is 5.75 Å². The van der Waals surface area contributed by atoms with Gasteiger partial charge in [0.25, 0.3) is 5.69 Å². The van der Waals surface area contributed by atoms with Gasteiger partial charge in [-0.2, -0.15) is 0 Å². The molecule has 7 heteroatoms. The van der Waals surface area contributed by atoms with Gasteiger partial charge in [-0.25, -0.2) is 4.98 Å². The zero-order chi connectivity index (χ0) is 14.5. The van der Waals surface area contributed by atoms with Gasteiger partial charge >= 0.3 is 0 Å². The van der Waals surface area contributed by atoms with Gasteiger partial charge in [0.05, 0.1) is 29.1 Å². The van der Waals surface area contributed by atoms with Crippen LogP contribution >= 0.6 is 0 Å². The van der Waals surface area contributed by atoms with Crippen LogP contribution in [-0.2, 0) is 6.61 Å². The number of aryl methyl sites for hydroxylation is 1. The normalized spacial score (nSPS) is 10.1. The van der Waals surface area contributed by atoms with Crippen molar-refractivity contribution in [2.24, 2.45) is 0 Å². The largest absolute Gasteiger partial charge is 0.487 e. The number of nitrogens with one attached hydrogen (secondary N) is 1. The summed E-state index contributed by atoms with van der Waals surface area (Å²) in [7, 11) is 1.76. The first-order chi connectivity index (χ1) is 9.60. The number of hydrogen-bond donors (Lipinski definition) is 1. The predicted molar refractivity (Wildman–Crippen MR) is 73.7 cm³/mol. The quantitative estimate of drug-likeness (QED) is 0.664. The molecule has 104 valence electrons. The van der Waals surface area contributed by atoms with E-state index < -0.39 is 4.92 Å². The first-order valence-corrected chi connectivity index (χ1v) is 5.96. The van der Waals surface area contributed by atoms with Gasteiger partial charge in [0.1, 0.15) is 18.2 Å². The van der Waals surface area contributed by atoms with Crippen LogP contribution in [0.1, 0.15) is 11.3 Å². The molecule has 0 fully saturated rings. The van der Waals surface area contributed by atoms with E-state index in [1.165, 1.54) is 12.1 Å². The average molecular weight is 274 g/mol. The number of benzene rings is 1. The molecule has 2 rings (SSSR count). The molecule has 1 N–H and O–H groups in total. The van der Waals surface area contributed by atoms with Crippen molar-refractivity contribution in [2.75, 3.05) is 12.4 Å². The fraction of sp³-hybridized carbons (Fsp3) is 0.231. The van der Waals surface area contributed by atoms with Crippen molar-refractivity contribution in [3.63, 3.8) is 0 Å². The summed E-state index contributed by atoms with van der Waals surface area (Å²) in [5.41, 5.74) is 1.48. The minimum Gasteiger partial charge on any atom is -0.487 e. The second-order valence-corrected chi connectivity index (χ2v) is 4.14. The molecule has 0 atom stereocenters. The highest BCUT2D eigenvalue weighted by atomic mass is 16.6. The zero-order valence-corrected chi connectivity index (χ0v) is 11.2. The third kappa shape index (κ3) is 3.19. The Labute approximate surface area is 115 Å². The van der Waals surface area contributed by atoms with Gasteiger partial charge in [-0.3, -0.25) is 15.1 Å². The van der Waals surface area contributed by atoms with Crippen LogP contribution in [0.15, 0.2) is 30.6 Å². The van der Waals surface area contributed by atoms with E-state index in [0.29, 0.717) is 17.3 Å². The fourth-order valence-corrected chi connectivity index (χ4v) is 1.57. The monoisotopic (exact) mass is 274 g/mol. The molecular formula is C13H14N4O3. The predicted octanol–water partition coefficient (Wildman–Crippen LogP) is 2.31. The number of rotatable bonds is 5. The minimum absolute atomic E-state index is 0.00205. The van der Waals surface area contributed by atoms with Gasteiger partial charge in [0.2, 0.25) is 0 Å². The Hall–Kier alpha value is -2.70. The Morgan fingerprint density at radius 1 is 1.35 bits per heavy atom. The molecule has 0 saturated heterocycles. The average Bonchev–Trinajstić information content (AvgIpc) is 2.46. The van der Waals surface area contributed by atoms with Crippen LogP contribution in [0.5, 0.6) is 5.75 Å². The van der Waals surface area contributed by atoms with Crippen LogP contribution in [0, 0.1) is 17.0 Å². The Bertz CT molecular complexity index is 614. The Morgan fingerprint density at radius 2 is 2.15 bits per heavy atom. The molecule has 1 aromatic carbocycles. The summed E-state index contributed by atoms with van der Waals surface area (Å²) >= 11 is 0. The maximum Gasteiger partial charge on any atom is 0.273 e. The lowest BCUT2D eigenvalue weighted by molar-refractivity contribution is -0.385. The fourth-order valence-electron chi connectivity index (χ4n) is 1.57. The lowest BCUT2D eigenvalue weighted by Crippen LogP contribution is -2.02. The first kappa shape index (κ1) is 13.7. The number of non-ortho nitro benzene ring substituents is 1. The molecule has 1 aromatic heterocycles. The maximum atomic E-state index is 10.7. The highest BCUT2D eigenvalue weighted by Crippen LogP contribution is 2.24. The molecule has 0 saturated carbocycles. The van der Waals surface area contributed by atoms with Crippen LogP contribution in [-0.4, -0.2) is 21.9 Å². The number of hydrogen-bond acceptors (Lipinski definition) is 6. The highest BCUT2D eigenvalue weighted by molar-refractivity contribution is 5.43. The summed E-state index contributed by atoms with van der Waals surface area (Å²) < 4.78 is 5.56. The third-order valence-electron chi connectivity index (χ3n) is 2.72. The molecule has 0 aliphatic rings. The van der Waals surface area contributed by atoms with Crippen molar-refractivity contribution in [1.29, 1.82) is 0 Å². The molecule has 0 radical (unpaired) electrons.